The van der Waals surface area contributed by atoms with Crippen LogP contribution in [0, 0.1) is 24.6 Å². The summed E-state index contributed by atoms with van der Waals surface area (Å²) in [5.41, 5.74) is 5.55. The summed E-state index contributed by atoms with van der Waals surface area (Å²) in [7, 11) is 0. The lowest BCUT2D eigenvalue weighted by molar-refractivity contribution is 0.102. The van der Waals surface area contributed by atoms with Gasteiger partial charge >= 0.3 is 0 Å². The molecule has 0 atom stereocenters. The maximum atomic E-state index is 15.0. The van der Waals surface area contributed by atoms with Crippen molar-refractivity contribution in [3.8, 4) is 23.0 Å². The van der Waals surface area contributed by atoms with Crippen molar-refractivity contribution in [1.29, 1.82) is 0 Å². The fourth-order valence-corrected chi connectivity index (χ4v) is 4.48. The van der Waals surface area contributed by atoms with E-state index in [1.54, 1.807) is 37.5 Å². The van der Waals surface area contributed by atoms with Crippen LogP contribution in [0.5, 0.6) is 0 Å². The summed E-state index contributed by atoms with van der Waals surface area (Å²) in [6.45, 7) is 8.56. The minimum Gasteiger partial charge on any atom is -0.378 e. The summed E-state index contributed by atoms with van der Waals surface area (Å²) >= 11 is 0. The van der Waals surface area contributed by atoms with E-state index in [0.717, 1.165) is 54.0 Å². The van der Waals surface area contributed by atoms with E-state index in [-0.39, 0.29) is 17.0 Å². The summed E-state index contributed by atoms with van der Waals surface area (Å²) in [5.74, 6) is 5.17. The van der Waals surface area contributed by atoms with Crippen LogP contribution in [0.1, 0.15) is 54.0 Å². The number of carbonyl (C=O) groups excluding carboxylic acids is 1. The van der Waals surface area contributed by atoms with E-state index in [1.807, 2.05) is 13.0 Å². The highest BCUT2D eigenvalue weighted by Gasteiger charge is 2.40. The number of halogens is 1. The first kappa shape index (κ1) is 24.0. The van der Waals surface area contributed by atoms with Crippen LogP contribution in [0.25, 0.3) is 11.1 Å². The molecule has 2 aromatic heterocycles. The maximum Gasteiger partial charge on any atom is 0.255 e. The summed E-state index contributed by atoms with van der Waals surface area (Å²) in [6, 6.07) is 8.63. The lowest BCUT2D eigenvalue weighted by atomic mass is 9.99. The van der Waals surface area contributed by atoms with Gasteiger partial charge in [-0.25, -0.2) is 9.37 Å². The molecule has 0 radical (unpaired) electrons. The van der Waals surface area contributed by atoms with Crippen LogP contribution in [0.3, 0.4) is 0 Å². The zero-order chi connectivity index (χ0) is 25.3. The van der Waals surface area contributed by atoms with E-state index in [9.17, 15) is 9.18 Å². The standard InChI is InChI=1S/C29H29FN4O2/c1-4-5-24-26(34-10-12-36-13-11-34)15-21(18-32-24)22-17-25(23(30)14-19(22)2)33-28(35)20-6-9-31-27(16-20)29(3)7-8-29/h6,9,14-18H,7-8,10-13H2,1-3H3,(H,33,35). The Bertz CT molecular complexity index is 1380. The normalized spacial score (nSPS) is 16.2. The Morgan fingerprint density at radius 1 is 1.17 bits per heavy atom. The van der Waals surface area contributed by atoms with Gasteiger partial charge in [-0.05, 0) is 74.1 Å². The number of ether oxygens (including phenoxy) is 1. The van der Waals surface area contributed by atoms with Gasteiger partial charge in [-0.2, -0.15) is 0 Å². The van der Waals surface area contributed by atoms with Gasteiger partial charge in [-0.3, -0.25) is 9.78 Å². The number of benzene rings is 1. The van der Waals surface area contributed by atoms with Gasteiger partial charge in [0.25, 0.3) is 5.91 Å². The maximum absolute atomic E-state index is 15.0. The summed E-state index contributed by atoms with van der Waals surface area (Å²) in [5, 5.41) is 2.76. The minimum atomic E-state index is -0.483. The van der Waals surface area contributed by atoms with Crippen molar-refractivity contribution in [3.05, 3.63) is 71.1 Å². The molecule has 1 saturated carbocycles. The molecule has 1 aromatic carbocycles. The Balaban J connectivity index is 1.47. The highest BCUT2D eigenvalue weighted by molar-refractivity contribution is 6.04. The molecule has 0 unspecified atom stereocenters. The molecule has 7 heteroatoms. The van der Waals surface area contributed by atoms with Crippen molar-refractivity contribution in [2.45, 2.75) is 39.0 Å². The molecular formula is C29H29FN4O2. The molecule has 0 bridgehead atoms. The van der Waals surface area contributed by atoms with Crippen LogP contribution in [0.15, 0.2) is 42.7 Å². The molecular weight excluding hydrogens is 455 g/mol. The molecule has 0 spiro atoms. The van der Waals surface area contributed by atoms with Gasteiger partial charge in [-0.1, -0.05) is 12.8 Å². The van der Waals surface area contributed by atoms with Crippen LogP contribution in [-0.4, -0.2) is 42.2 Å². The van der Waals surface area contributed by atoms with E-state index >= 15 is 0 Å². The third-order valence-corrected chi connectivity index (χ3v) is 6.98. The van der Waals surface area contributed by atoms with Crippen molar-refractivity contribution in [1.82, 2.24) is 9.97 Å². The van der Waals surface area contributed by atoms with E-state index < -0.39 is 5.82 Å². The van der Waals surface area contributed by atoms with Gasteiger partial charge in [0.15, 0.2) is 0 Å². The van der Waals surface area contributed by atoms with Gasteiger partial charge in [0, 0.05) is 47.7 Å². The Hall–Kier alpha value is -3.76. The zero-order valence-corrected chi connectivity index (χ0v) is 20.8. The van der Waals surface area contributed by atoms with E-state index in [1.165, 1.54) is 6.07 Å². The fraction of sp³-hybridized carbons (Fsp3) is 0.345. The predicted molar refractivity (Wildman–Crippen MR) is 139 cm³/mol. The first-order valence-corrected chi connectivity index (χ1v) is 12.2. The Kier molecular flexibility index (Phi) is 6.46. The summed E-state index contributed by atoms with van der Waals surface area (Å²) in [4.78, 5) is 24.3. The SMILES string of the molecule is CC#Cc1ncc(-c2cc(NC(=O)c3ccnc(C4(C)CC4)c3)c(F)cc2C)cc1N1CCOCC1. The van der Waals surface area contributed by atoms with Crippen molar-refractivity contribution >= 4 is 17.3 Å². The van der Waals surface area contributed by atoms with E-state index in [0.29, 0.717) is 24.5 Å². The van der Waals surface area contributed by atoms with Gasteiger partial charge in [0.05, 0.1) is 24.6 Å². The molecule has 6 nitrogen and oxygen atoms in total. The van der Waals surface area contributed by atoms with Crippen molar-refractivity contribution in [3.63, 3.8) is 0 Å². The highest BCUT2D eigenvalue weighted by Crippen LogP contribution is 2.46. The molecule has 36 heavy (non-hydrogen) atoms. The summed E-state index contributed by atoms with van der Waals surface area (Å²) in [6.07, 6.45) is 5.51. The second kappa shape index (κ2) is 9.71. The van der Waals surface area contributed by atoms with Crippen LogP contribution >= 0.6 is 0 Å². The average molecular weight is 485 g/mol. The van der Waals surface area contributed by atoms with E-state index in [2.05, 4.69) is 38.9 Å². The Morgan fingerprint density at radius 2 is 1.94 bits per heavy atom. The second-order valence-corrected chi connectivity index (χ2v) is 9.66. The number of nitrogens with one attached hydrogen (secondary N) is 1. The van der Waals surface area contributed by atoms with Crippen LogP contribution in [-0.2, 0) is 10.2 Å². The molecule has 3 heterocycles. The molecule has 1 N–H and O–H groups in total. The van der Waals surface area contributed by atoms with Gasteiger partial charge in [-0.15, -0.1) is 0 Å². The highest BCUT2D eigenvalue weighted by atomic mass is 19.1. The molecule has 5 rings (SSSR count). The number of pyridine rings is 2. The number of anilines is 2. The number of carbonyl (C=O) groups is 1. The second-order valence-electron chi connectivity index (χ2n) is 9.66. The molecule has 1 amide bonds. The number of hydrogen-bond donors (Lipinski definition) is 1. The average Bonchev–Trinajstić information content (AvgIpc) is 3.65. The quantitative estimate of drug-likeness (QED) is 0.510. The lowest BCUT2D eigenvalue weighted by Crippen LogP contribution is -2.36. The number of amides is 1. The molecule has 184 valence electrons. The summed E-state index contributed by atoms with van der Waals surface area (Å²) < 4.78 is 20.5. The third-order valence-electron chi connectivity index (χ3n) is 6.98. The third kappa shape index (κ3) is 4.82. The number of aryl methyl sites for hydroxylation is 1. The Labute approximate surface area is 210 Å². The number of aromatic nitrogens is 2. The fourth-order valence-electron chi connectivity index (χ4n) is 4.48. The zero-order valence-electron chi connectivity index (χ0n) is 20.8. The Morgan fingerprint density at radius 3 is 2.67 bits per heavy atom. The van der Waals surface area contributed by atoms with Gasteiger partial charge in [0.2, 0.25) is 0 Å². The van der Waals surface area contributed by atoms with Gasteiger partial charge < -0.3 is 15.0 Å². The van der Waals surface area contributed by atoms with Crippen LogP contribution in [0.2, 0.25) is 0 Å². The van der Waals surface area contributed by atoms with E-state index in [4.69, 9.17) is 4.74 Å². The topological polar surface area (TPSA) is 67.4 Å². The first-order valence-electron chi connectivity index (χ1n) is 12.2. The number of hydrogen-bond acceptors (Lipinski definition) is 5. The number of nitrogens with zero attached hydrogens (tertiary/aromatic N) is 3. The molecule has 1 aliphatic heterocycles. The number of rotatable bonds is 5. The van der Waals surface area contributed by atoms with Gasteiger partial charge in [0.1, 0.15) is 11.5 Å². The van der Waals surface area contributed by atoms with Crippen molar-refractivity contribution in [2.75, 3.05) is 36.5 Å². The largest absolute Gasteiger partial charge is 0.378 e. The van der Waals surface area contributed by atoms with Crippen LogP contribution < -0.4 is 10.2 Å². The molecule has 1 aliphatic carbocycles. The molecule has 1 saturated heterocycles. The lowest BCUT2D eigenvalue weighted by Gasteiger charge is -2.29. The molecule has 2 fully saturated rings. The van der Waals surface area contributed by atoms with Crippen LogP contribution in [0.4, 0.5) is 15.8 Å². The predicted octanol–water partition coefficient (Wildman–Crippen LogP) is 5.10. The monoisotopic (exact) mass is 484 g/mol. The van der Waals surface area contributed by atoms with Crippen molar-refractivity contribution < 1.29 is 13.9 Å². The molecule has 3 aromatic rings. The number of morpholine rings is 1. The minimum absolute atomic E-state index is 0.0398. The van der Waals surface area contributed by atoms with Crippen molar-refractivity contribution in [2.24, 2.45) is 0 Å². The first-order chi connectivity index (χ1) is 17.4. The smallest absolute Gasteiger partial charge is 0.255 e. The molecule has 2 aliphatic rings.